The summed E-state index contributed by atoms with van der Waals surface area (Å²) in [7, 11) is 0. The zero-order valence-corrected chi connectivity index (χ0v) is 20.3. The summed E-state index contributed by atoms with van der Waals surface area (Å²) in [5.74, 6) is -1.17. The highest BCUT2D eigenvalue weighted by Crippen LogP contribution is 2.35. The van der Waals surface area contributed by atoms with E-state index in [1.165, 1.54) is 10.6 Å². The molecule has 1 aliphatic carbocycles. The highest BCUT2D eigenvalue weighted by Gasteiger charge is 2.35. The van der Waals surface area contributed by atoms with Crippen LogP contribution in [-0.2, 0) is 11.2 Å². The van der Waals surface area contributed by atoms with Crippen LogP contribution in [0.1, 0.15) is 69.5 Å². The summed E-state index contributed by atoms with van der Waals surface area (Å²) in [6.45, 7) is 7.68. The molecule has 7 nitrogen and oxygen atoms in total. The number of pyridine rings is 1. The Labute approximate surface area is 203 Å². The summed E-state index contributed by atoms with van der Waals surface area (Å²) in [5, 5.41) is 2.85. The van der Waals surface area contributed by atoms with Crippen LogP contribution in [0.5, 0.6) is 0 Å². The molecule has 0 bridgehead atoms. The topological polar surface area (TPSA) is 94.5 Å². The summed E-state index contributed by atoms with van der Waals surface area (Å²) in [4.78, 5) is 51.6. The van der Waals surface area contributed by atoms with Gasteiger partial charge in [-0.2, -0.15) is 0 Å². The normalized spacial score (nSPS) is 14.2. The highest BCUT2D eigenvalue weighted by molar-refractivity contribution is 6.04. The number of esters is 1. The van der Waals surface area contributed by atoms with E-state index >= 15 is 0 Å². The standard InChI is InChI=1S/C28H28N2O5/c1-5-35-27(34)22-14-21-23(15-28(3,4)16-24(21)31)30(26(22)33)20-12-8-18(9-13-20)25(32)29-19-10-6-17(2)7-11-19/h6-14H,5,15-16H2,1-4H3,(H,29,32). The first-order chi connectivity index (χ1) is 16.6. The van der Waals surface area contributed by atoms with Gasteiger partial charge in [0.25, 0.3) is 11.5 Å². The molecule has 4 rings (SSSR count). The largest absolute Gasteiger partial charge is 0.462 e. The number of aromatic nitrogens is 1. The lowest BCUT2D eigenvalue weighted by Crippen LogP contribution is -2.36. The molecule has 0 saturated heterocycles. The van der Waals surface area contributed by atoms with Crippen LogP contribution in [0.25, 0.3) is 5.69 Å². The van der Waals surface area contributed by atoms with E-state index in [2.05, 4.69) is 5.32 Å². The van der Waals surface area contributed by atoms with Gasteiger partial charge < -0.3 is 10.1 Å². The van der Waals surface area contributed by atoms with Gasteiger partial charge in [-0.1, -0.05) is 31.5 Å². The zero-order chi connectivity index (χ0) is 25.3. The first kappa shape index (κ1) is 24.1. The number of benzene rings is 2. The van der Waals surface area contributed by atoms with Crippen LogP contribution in [0, 0.1) is 12.3 Å². The number of Topliss-reactive ketones (excluding diaryl/α,β-unsaturated/α-hetero) is 1. The number of carbonyl (C=O) groups excluding carboxylic acids is 3. The van der Waals surface area contributed by atoms with E-state index in [4.69, 9.17) is 4.74 Å². The van der Waals surface area contributed by atoms with Crippen molar-refractivity contribution in [3.05, 3.63) is 92.9 Å². The number of hydrogen-bond acceptors (Lipinski definition) is 5. The van der Waals surface area contributed by atoms with Crippen LogP contribution in [-0.4, -0.2) is 28.8 Å². The Morgan fingerprint density at radius 2 is 1.66 bits per heavy atom. The van der Waals surface area contributed by atoms with Crippen molar-refractivity contribution in [2.45, 2.75) is 40.5 Å². The van der Waals surface area contributed by atoms with Gasteiger partial charge in [-0.05, 0) is 68.1 Å². The Bertz CT molecular complexity index is 1370. The molecule has 1 N–H and O–H groups in total. The van der Waals surface area contributed by atoms with Gasteiger partial charge in [-0.15, -0.1) is 0 Å². The van der Waals surface area contributed by atoms with Crippen molar-refractivity contribution in [1.82, 2.24) is 4.57 Å². The van der Waals surface area contributed by atoms with Crippen molar-refractivity contribution in [2.24, 2.45) is 5.41 Å². The Kier molecular flexibility index (Phi) is 6.43. The molecule has 180 valence electrons. The summed E-state index contributed by atoms with van der Waals surface area (Å²) in [6.07, 6.45) is 0.806. The fraction of sp³-hybridized carbons (Fsp3) is 0.286. The van der Waals surface area contributed by atoms with Gasteiger partial charge in [-0.3, -0.25) is 19.0 Å². The number of ether oxygens (including phenoxy) is 1. The first-order valence-corrected chi connectivity index (χ1v) is 11.6. The minimum atomic E-state index is -0.763. The van der Waals surface area contributed by atoms with Gasteiger partial charge in [0.1, 0.15) is 5.56 Å². The van der Waals surface area contributed by atoms with Crippen LogP contribution in [0.2, 0.25) is 0 Å². The lowest BCUT2D eigenvalue weighted by molar-refractivity contribution is 0.0523. The maximum atomic E-state index is 13.4. The fourth-order valence-corrected chi connectivity index (χ4v) is 4.34. The number of amides is 1. The molecule has 7 heteroatoms. The van der Waals surface area contributed by atoms with E-state index < -0.39 is 11.5 Å². The van der Waals surface area contributed by atoms with Crippen molar-refractivity contribution in [3.8, 4) is 5.69 Å². The highest BCUT2D eigenvalue weighted by atomic mass is 16.5. The molecule has 0 radical (unpaired) electrons. The molecule has 35 heavy (non-hydrogen) atoms. The van der Waals surface area contributed by atoms with Crippen LogP contribution in [0.3, 0.4) is 0 Å². The van der Waals surface area contributed by atoms with Crippen LogP contribution < -0.4 is 10.9 Å². The number of nitrogens with zero attached hydrogens (tertiary/aromatic N) is 1. The maximum Gasteiger partial charge on any atom is 0.343 e. The minimum absolute atomic E-state index is 0.112. The van der Waals surface area contributed by atoms with Crippen LogP contribution in [0.4, 0.5) is 5.69 Å². The molecule has 1 amide bonds. The number of anilines is 1. The van der Waals surface area contributed by atoms with E-state index in [0.29, 0.717) is 41.0 Å². The third-order valence-electron chi connectivity index (χ3n) is 6.08. The Balaban J connectivity index is 1.76. The molecule has 1 aromatic heterocycles. The van der Waals surface area contributed by atoms with Gasteiger partial charge in [0.05, 0.1) is 6.61 Å². The van der Waals surface area contributed by atoms with Gasteiger partial charge in [-0.25, -0.2) is 4.79 Å². The maximum absolute atomic E-state index is 13.4. The quantitative estimate of drug-likeness (QED) is 0.542. The Morgan fingerprint density at radius 1 is 1.00 bits per heavy atom. The van der Waals surface area contributed by atoms with Gasteiger partial charge in [0.2, 0.25) is 0 Å². The predicted molar refractivity (Wildman–Crippen MR) is 134 cm³/mol. The van der Waals surface area contributed by atoms with E-state index in [9.17, 15) is 19.2 Å². The molecule has 0 unspecified atom stereocenters. The zero-order valence-electron chi connectivity index (χ0n) is 20.3. The van der Waals surface area contributed by atoms with Crippen molar-refractivity contribution < 1.29 is 19.1 Å². The van der Waals surface area contributed by atoms with E-state index in [0.717, 1.165) is 5.56 Å². The number of nitrogens with one attached hydrogen (secondary N) is 1. The van der Waals surface area contributed by atoms with Crippen molar-refractivity contribution in [3.63, 3.8) is 0 Å². The minimum Gasteiger partial charge on any atom is -0.462 e. The Hall–Kier alpha value is -4.00. The Morgan fingerprint density at radius 3 is 2.29 bits per heavy atom. The third-order valence-corrected chi connectivity index (χ3v) is 6.08. The second-order valence-corrected chi connectivity index (χ2v) is 9.59. The predicted octanol–water partition coefficient (Wildman–Crippen LogP) is 4.73. The lowest BCUT2D eigenvalue weighted by atomic mass is 9.75. The monoisotopic (exact) mass is 472 g/mol. The molecular weight excluding hydrogens is 444 g/mol. The van der Waals surface area contributed by atoms with Crippen molar-refractivity contribution in [1.29, 1.82) is 0 Å². The number of aryl methyl sites for hydroxylation is 1. The number of fused-ring (bicyclic) bond motifs is 1. The summed E-state index contributed by atoms with van der Waals surface area (Å²) in [6, 6.07) is 15.4. The van der Waals surface area contributed by atoms with E-state index in [-0.39, 0.29) is 29.3 Å². The fourth-order valence-electron chi connectivity index (χ4n) is 4.34. The molecule has 0 saturated carbocycles. The van der Waals surface area contributed by atoms with Crippen molar-refractivity contribution >= 4 is 23.3 Å². The van der Waals surface area contributed by atoms with Gasteiger partial charge in [0.15, 0.2) is 5.78 Å². The molecule has 0 spiro atoms. The molecule has 0 aliphatic heterocycles. The summed E-state index contributed by atoms with van der Waals surface area (Å²) in [5.41, 5.74) is 2.49. The van der Waals surface area contributed by atoms with Gasteiger partial charge >= 0.3 is 5.97 Å². The summed E-state index contributed by atoms with van der Waals surface area (Å²) >= 11 is 0. The smallest absolute Gasteiger partial charge is 0.343 e. The molecule has 0 fully saturated rings. The lowest BCUT2D eigenvalue weighted by Gasteiger charge is -2.32. The molecule has 2 aromatic carbocycles. The SMILES string of the molecule is CCOC(=O)c1cc2c(n(-c3ccc(C(=O)Nc4ccc(C)cc4)cc3)c1=O)CC(C)(C)CC2=O. The molecule has 1 heterocycles. The second kappa shape index (κ2) is 9.33. The first-order valence-electron chi connectivity index (χ1n) is 11.6. The summed E-state index contributed by atoms with van der Waals surface area (Å²) < 4.78 is 6.47. The molecule has 1 aliphatic rings. The van der Waals surface area contributed by atoms with E-state index in [1.54, 1.807) is 31.2 Å². The average molecular weight is 473 g/mol. The number of carbonyl (C=O) groups is 3. The molecule has 0 atom stereocenters. The molecular formula is C28H28N2O5. The van der Waals surface area contributed by atoms with Crippen LogP contribution >= 0.6 is 0 Å². The second-order valence-electron chi connectivity index (χ2n) is 9.59. The van der Waals surface area contributed by atoms with Crippen LogP contribution in [0.15, 0.2) is 59.4 Å². The number of rotatable bonds is 5. The molecule has 3 aromatic rings. The van der Waals surface area contributed by atoms with Crippen molar-refractivity contribution in [2.75, 3.05) is 11.9 Å². The number of ketones is 1. The van der Waals surface area contributed by atoms with Gasteiger partial charge in [0, 0.05) is 34.6 Å². The number of hydrogen-bond donors (Lipinski definition) is 1. The van der Waals surface area contributed by atoms with E-state index in [1.807, 2.05) is 45.0 Å². The third kappa shape index (κ3) is 4.94. The average Bonchev–Trinajstić information content (AvgIpc) is 2.80.